The zero-order valence-electron chi connectivity index (χ0n) is 10.2. The van der Waals surface area contributed by atoms with Crippen LogP contribution in [0.15, 0.2) is 46.2 Å². The molecule has 5 heteroatoms. The van der Waals surface area contributed by atoms with E-state index in [1.54, 1.807) is 12.1 Å². The molecule has 0 spiro atoms. The summed E-state index contributed by atoms with van der Waals surface area (Å²) in [7, 11) is 1.84. The maximum atomic E-state index is 13.2. The average molecular weight is 300 g/mol. The summed E-state index contributed by atoms with van der Waals surface area (Å²) < 4.78 is 26.1. The highest BCUT2D eigenvalue weighted by Gasteiger charge is 2.08. The van der Waals surface area contributed by atoms with Crippen molar-refractivity contribution in [1.29, 1.82) is 0 Å². The van der Waals surface area contributed by atoms with Gasteiger partial charge in [0.25, 0.3) is 0 Å². The van der Waals surface area contributed by atoms with Crippen LogP contribution in [-0.2, 0) is 6.54 Å². The molecule has 0 bridgehead atoms. The largest absolute Gasteiger partial charge is 0.316 e. The molecule has 0 aromatic heterocycles. The van der Waals surface area contributed by atoms with Gasteiger partial charge in [0.1, 0.15) is 0 Å². The Kier molecular flexibility index (Phi) is 4.80. The van der Waals surface area contributed by atoms with E-state index in [4.69, 9.17) is 11.6 Å². The molecule has 100 valence electrons. The lowest BCUT2D eigenvalue weighted by Gasteiger charge is -2.09. The van der Waals surface area contributed by atoms with Crippen LogP contribution < -0.4 is 5.32 Å². The highest BCUT2D eigenvalue weighted by Crippen LogP contribution is 2.32. The molecule has 0 atom stereocenters. The summed E-state index contributed by atoms with van der Waals surface area (Å²) in [6.07, 6.45) is 0. The predicted octanol–water partition coefficient (Wildman–Crippen LogP) is 4.49. The lowest BCUT2D eigenvalue weighted by Crippen LogP contribution is -2.06. The first kappa shape index (κ1) is 14.3. The van der Waals surface area contributed by atoms with Gasteiger partial charge in [-0.3, -0.25) is 0 Å². The van der Waals surface area contributed by atoms with Gasteiger partial charge in [-0.05, 0) is 49.0 Å². The third-order valence-corrected chi connectivity index (χ3v) is 3.85. The van der Waals surface area contributed by atoms with Crippen LogP contribution >= 0.6 is 23.4 Å². The highest BCUT2D eigenvalue weighted by molar-refractivity contribution is 7.99. The molecule has 0 aliphatic rings. The summed E-state index contributed by atoms with van der Waals surface area (Å²) in [5, 5.41) is 3.70. The van der Waals surface area contributed by atoms with Crippen molar-refractivity contribution in [1.82, 2.24) is 5.32 Å². The Bertz CT molecular complexity index is 590. The van der Waals surface area contributed by atoms with Gasteiger partial charge < -0.3 is 5.32 Å². The van der Waals surface area contributed by atoms with Gasteiger partial charge in [-0.1, -0.05) is 23.4 Å². The van der Waals surface area contributed by atoms with Crippen LogP contribution in [0.1, 0.15) is 5.56 Å². The first-order valence-electron chi connectivity index (χ1n) is 5.66. The minimum absolute atomic E-state index is 0.651. The molecule has 0 saturated heterocycles. The van der Waals surface area contributed by atoms with Gasteiger partial charge in [-0.2, -0.15) is 0 Å². The first-order chi connectivity index (χ1) is 9.10. The molecule has 0 aliphatic heterocycles. The van der Waals surface area contributed by atoms with Gasteiger partial charge in [-0.15, -0.1) is 0 Å². The van der Waals surface area contributed by atoms with E-state index in [-0.39, 0.29) is 0 Å². The molecule has 2 aromatic rings. The van der Waals surface area contributed by atoms with E-state index in [1.807, 2.05) is 19.2 Å². The minimum atomic E-state index is -0.839. The van der Waals surface area contributed by atoms with Gasteiger partial charge >= 0.3 is 0 Å². The molecule has 1 N–H and O–H groups in total. The fourth-order valence-electron chi connectivity index (χ4n) is 1.64. The quantitative estimate of drug-likeness (QED) is 0.893. The summed E-state index contributed by atoms with van der Waals surface area (Å²) in [6.45, 7) is 0.659. The molecule has 0 saturated carbocycles. The van der Waals surface area contributed by atoms with E-state index in [0.29, 0.717) is 16.5 Å². The van der Waals surface area contributed by atoms with Crippen molar-refractivity contribution in [3.05, 3.63) is 58.6 Å². The summed E-state index contributed by atoms with van der Waals surface area (Å²) in [4.78, 5) is 1.61. The number of hydrogen-bond donors (Lipinski definition) is 1. The topological polar surface area (TPSA) is 12.0 Å². The lowest BCUT2D eigenvalue weighted by molar-refractivity contribution is 0.506. The zero-order valence-corrected chi connectivity index (χ0v) is 11.8. The summed E-state index contributed by atoms with van der Waals surface area (Å²) in [6, 6.07) is 9.40. The first-order valence-corrected chi connectivity index (χ1v) is 6.85. The lowest BCUT2D eigenvalue weighted by atomic mass is 10.2. The van der Waals surface area contributed by atoms with Crippen molar-refractivity contribution in [2.24, 2.45) is 0 Å². The third kappa shape index (κ3) is 3.69. The number of halogens is 3. The molecule has 1 nitrogen and oxygen atoms in total. The molecular formula is C14H12ClF2NS. The predicted molar refractivity (Wildman–Crippen MR) is 74.7 cm³/mol. The van der Waals surface area contributed by atoms with E-state index < -0.39 is 11.6 Å². The highest BCUT2D eigenvalue weighted by atomic mass is 35.5. The number of rotatable bonds is 4. The van der Waals surface area contributed by atoms with Crippen molar-refractivity contribution >= 4 is 23.4 Å². The van der Waals surface area contributed by atoms with E-state index in [9.17, 15) is 8.78 Å². The Morgan fingerprint density at radius 1 is 1.11 bits per heavy atom. The van der Waals surface area contributed by atoms with Crippen LogP contribution in [0.25, 0.3) is 0 Å². The molecule has 0 amide bonds. The molecule has 0 aliphatic carbocycles. The van der Waals surface area contributed by atoms with Crippen LogP contribution in [0.3, 0.4) is 0 Å². The van der Waals surface area contributed by atoms with Crippen molar-refractivity contribution in [3.63, 3.8) is 0 Å². The standard InChI is InChI=1S/C14H12ClF2NS/c1-18-8-9-6-10(15)2-5-14(9)19-11-3-4-12(16)13(17)7-11/h2-7,18H,8H2,1H3. The van der Waals surface area contributed by atoms with Crippen LogP contribution in [0, 0.1) is 11.6 Å². The average Bonchev–Trinajstić information content (AvgIpc) is 2.37. The second kappa shape index (κ2) is 6.37. The normalized spacial score (nSPS) is 10.7. The fourth-order valence-corrected chi connectivity index (χ4v) is 2.79. The van der Waals surface area contributed by atoms with Crippen LogP contribution in [-0.4, -0.2) is 7.05 Å². The molecule has 19 heavy (non-hydrogen) atoms. The van der Waals surface area contributed by atoms with Gasteiger partial charge in [-0.25, -0.2) is 8.78 Å². The van der Waals surface area contributed by atoms with Crippen LogP contribution in [0.5, 0.6) is 0 Å². The molecule has 2 rings (SSSR count). The van der Waals surface area contributed by atoms with Crippen LogP contribution in [0.4, 0.5) is 8.78 Å². The molecule has 2 aromatic carbocycles. The SMILES string of the molecule is CNCc1cc(Cl)ccc1Sc1ccc(F)c(F)c1. The maximum Gasteiger partial charge on any atom is 0.159 e. The maximum absolute atomic E-state index is 13.2. The number of nitrogens with one attached hydrogen (secondary N) is 1. The molecule has 0 unspecified atom stereocenters. The van der Waals surface area contributed by atoms with E-state index in [0.717, 1.165) is 16.5 Å². The van der Waals surface area contributed by atoms with E-state index in [2.05, 4.69) is 5.32 Å². The molecule has 0 heterocycles. The van der Waals surface area contributed by atoms with E-state index in [1.165, 1.54) is 17.8 Å². The van der Waals surface area contributed by atoms with Gasteiger partial charge in [0.05, 0.1) is 0 Å². The summed E-state index contributed by atoms with van der Waals surface area (Å²) in [5.41, 5.74) is 1.02. The Morgan fingerprint density at radius 3 is 2.58 bits per heavy atom. The number of benzene rings is 2. The monoisotopic (exact) mass is 299 g/mol. The molecule has 0 radical (unpaired) electrons. The Hall–Kier alpha value is -1.10. The van der Waals surface area contributed by atoms with Gasteiger partial charge in [0, 0.05) is 21.4 Å². The van der Waals surface area contributed by atoms with Crippen molar-refractivity contribution in [2.45, 2.75) is 16.3 Å². The summed E-state index contributed by atoms with van der Waals surface area (Å²) in [5.74, 6) is -1.68. The van der Waals surface area contributed by atoms with Crippen molar-refractivity contribution in [2.75, 3.05) is 7.05 Å². The second-order valence-corrected chi connectivity index (χ2v) is 5.51. The zero-order chi connectivity index (χ0) is 13.8. The molecule has 0 fully saturated rings. The smallest absolute Gasteiger partial charge is 0.159 e. The van der Waals surface area contributed by atoms with Crippen molar-refractivity contribution < 1.29 is 8.78 Å². The van der Waals surface area contributed by atoms with Gasteiger partial charge in [0.2, 0.25) is 0 Å². The Balaban J connectivity index is 2.29. The molecular weight excluding hydrogens is 288 g/mol. The fraction of sp³-hybridized carbons (Fsp3) is 0.143. The Morgan fingerprint density at radius 2 is 1.89 bits per heavy atom. The third-order valence-electron chi connectivity index (χ3n) is 2.51. The van der Waals surface area contributed by atoms with Gasteiger partial charge in [0.15, 0.2) is 11.6 Å². The minimum Gasteiger partial charge on any atom is -0.316 e. The number of hydrogen-bond acceptors (Lipinski definition) is 2. The van der Waals surface area contributed by atoms with E-state index >= 15 is 0 Å². The van der Waals surface area contributed by atoms with Crippen molar-refractivity contribution in [3.8, 4) is 0 Å². The summed E-state index contributed by atoms with van der Waals surface area (Å²) >= 11 is 7.34. The van der Waals surface area contributed by atoms with Crippen LogP contribution in [0.2, 0.25) is 5.02 Å². The Labute approximate surface area is 120 Å². The second-order valence-electron chi connectivity index (χ2n) is 3.96.